The summed E-state index contributed by atoms with van der Waals surface area (Å²) in [6.45, 7) is 5.15. The number of nitrogens with one attached hydrogen (secondary N) is 2. The molecule has 0 saturated carbocycles. The van der Waals surface area contributed by atoms with Gasteiger partial charge in [-0.1, -0.05) is 60.7 Å². The summed E-state index contributed by atoms with van der Waals surface area (Å²) >= 11 is 0. The largest absolute Gasteiger partial charge is 0.374 e. The Balaban J connectivity index is 1.56. The molecule has 10 heteroatoms. The van der Waals surface area contributed by atoms with Crippen molar-refractivity contribution in [1.82, 2.24) is 20.5 Å². The summed E-state index contributed by atoms with van der Waals surface area (Å²) in [4.78, 5) is 53.9. The Labute approximate surface area is 234 Å². The van der Waals surface area contributed by atoms with Gasteiger partial charge in [-0.2, -0.15) is 5.10 Å². The summed E-state index contributed by atoms with van der Waals surface area (Å²) in [7, 11) is 1.64. The van der Waals surface area contributed by atoms with Gasteiger partial charge in [0.05, 0.1) is 18.9 Å². The van der Waals surface area contributed by atoms with E-state index < -0.39 is 22.9 Å². The first-order valence-corrected chi connectivity index (χ1v) is 13.4. The second-order valence-corrected chi connectivity index (χ2v) is 11.0. The number of ether oxygens (including phenoxy) is 1. The zero-order chi connectivity index (χ0) is 28.9. The Morgan fingerprint density at radius 2 is 1.68 bits per heavy atom. The van der Waals surface area contributed by atoms with Crippen molar-refractivity contribution >= 4 is 29.3 Å². The van der Waals surface area contributed by atoms with Gasteiger partial charge in [0.2, 0.25) is 17.7 Å². The fourth-order valence-corrected chi connectivity index (χ4v) is 5.31. The normalized spacial score (nSPS) is 19.5. The molecule has 4 amide bonds. The third-order valence-electron chi connectivity index (χ3n) is 7.32. The number of rotatable bonds is 10. The van der Waals surface area contributed by atoms with Crippen LogP contribution in [0.1, 0.15) is 38.3 Å². The highest BCUT2D eigenvalue weighted by Crippen LogP contribution is 2.38. The van der Waals surface area contributed by atoms with Crippen molar-refractivity contribution in [3.8, 4) is 0 Å². The summed E-state index contributed by atoms with van der Waals surface area (Å²) < 4.78 is 5.89. The van der Waals surface area contributed by atoms with Gasteiger partial charge in [-0.15, -0.1) is 0 Å². The first-order valence-electron chi connectivity index (χ1n) is 13.4. The predicted molar refractivity (Wildman–Crippen MR) is 150 cm³/mol. The minimum absolute atomic E-state index is 0.0768. The molecule has 2 aliphatic rings. The third kappa shape index (κ3) is 6.39. The van der Waals surface area contributed by atoms with Crippen molar-refractivity contribution in [3.05, 3.63) is 71.8 Å². The second-order valence-electron chi connectivity index (χ2n) is 11.0. The zero-order valence-corrected chi connectivity index (χ0v) is 23.5. The molecule has 1 saturated heterocycles. The van der Waals surface area contributed by atoms with Gasteiger partial charge in [-0.25, -0.2) is 5.01 Å². The van der Waals surface area contributed by atoms with Crippen molar-refractivity contribution in [2.45, 2.75) is 51.8 Å². The number of amides is 4. The van der Waals surface area contributed by atoms with E-state index in [0.717, 1.165) is 16.8 Å². The first-order chi connectivity index (χ1) is 19.0. The molecule has 10 nitrogen and oxygen atoms in total. The summed E-state index contributed by atoms with van der Waals surface area (Å²) in [5.41, 5.74) is 0.448. The fraction of sp³-hybridized carbons (Fsp3) is 0.433. The minimum atomic E-state index is -1.25. The number of carbonyl (C=O) groups is 4. The van der Waals surface area contributed by atoms with Crippen LogP contribution in [0.2, 0.25) is 0 Å². The highest BCUT2D eigenvalue weighted by atomic mass is 16.5. The highest BCUT2D eigenvalue weighted by molar-refractivity contribution is 6.13. The molecule has 2 N–H and O–H groups in total. The number of fused-ring (bicyclic) bond motifs is 1. The lowest BCUT2D eigenvalue weighted by Crippen LogP contribution is -2.62. The van der Waals surface area contributed by atoms with Gasteiger partial charge < -0.3 is 20.3 Å². The third-order valence-corrected chi connectivity index (χ3v) is 7.32. The molecule has 0 unspecified atom stereocenters. The molecule has 212 valence electrons. The number of nitrogens with zero attached hydrogens (tertiary/aromatic N) is 3. The first kappa shape index (κ1) is 28.9. The van der Waals surface area contributed by atoms with E-state index in [1.165, 1.54) is 11.9 Å². The van der Waals surface area contributed by atoms with Crippen molar-refractivity contribution in [1.29, 1.82) is 0 Å². The molecule has 0 spiro atoms. The van der Waals surface area contributed by atoms with E-state index >= 15 is 0 Å². The maximum atomic E-state index is 14.0. The fourth-order valence-electron chi connectivity index (χ4n) is 5.31. The highest BCUT2D eigenvalue weighted by Gasteiger charge is 2.54. The van der Waals surface area contributed by atoms with Crippen LogP contribution in [-0.2, 0) is 36.9 Å². The number of hydrogen-bond acceptors (Lipinski definition) is 6. The van der Waals surface area contributed by atoms with Crippen LogP contribution >= 0.6 is 0 Å². The van der Waals surface area contributed by atoms with Crippen molar-refractivity contribution in [2.24, 2.45) is 10.5 Å². The van der Waals surface area contributed by atoms with E-state index in [1.54, 1.807) is 25.8 Å². The van der Waals surface area contributed by atoms with Gasteiger partial charge in [-0.05, 0) is 31.4 Å². The minimum Gasteiger partial charge on any atom is -0.374 e. The molecule has 0 bridgehead atoms. The molecule has 4 rings (SSSR count). The van der Waals surface area contributed by atoms with Gasteiger partial charge in [0.15, 0.2) is 0 Å². The van der Waals surface area contributed by atoms with Crippen LogP contribution in [0.4, 0.5) is 0 Å². The van der Waals surface area contributed by atoms with Gasteiger partial charge in [-0.3, -0.25) is 19.2 Å². The van der Waals surface area contributed by atoms with Crippen molar-refractivity contribution in [2.75, 3.05) is 26.7 Å². The average molecular weight is 548 g/mol. The number of piperidine rings is 1. The Kier molecular flexibility index (Phi) is 8.68. The van der Waals surface area contributed by atoms with Gasteiger partial charge in [0, 0.05) is 33.5 Å². The Morgan fingerprint density at radius 1 is 1.05 bits per heavy atom. The Hall–Kier alpha value is -4.05. The molecule has 0 aromatic heterocycles. The maximum absolute atomic E-state index is 14.0. The van der Waals surface area contributed by atoms with E-state index in [4.69, 9.17) is 4.74 Å². The van der Waals surface area contributed by atoms with Gasteiger partial charge in [0.25, 0.3) is 5.91 Å². The molecule has 40 heavy (non-hydrogen) atoms. The monoisotopic (exact) mass is 547 g/mol. The predicted octanol–water partition coefficient (Wildman–Crippen LogP) is 1.89. The summed E-state index contributed by atoms with van der Waals surface area (Å²) in [6, 6.07) is 18.2. The van der Waals surface area contributed by atoms with Gasteiger partial charge >= 0.3 is 0 Å². The average Bonchev–Trinajstić information content (AvgIpc) is 3.16. The van der Waals surface area contributed by atoms with Crippen molar-refractivity contribution in [3.63, 3.8) is 0 Å². The molecule has 2 atom stereocenters. The number of hydrazone groups is 1. The summed E-state index contributed by atoms with van der Waals surface area (Å²) in [5.74, 6) is -1.39. The number of benzene rings is 2. The molecule has 2 aromatic rings. The second kappa shape index (κ2) is 12.0. The molecule has 2 aliphatic heterocycles. The van der Waals surface area contributed by atoms with Gasteiger partial charge in [0.1, 0.15) is 17.0 Å². The number of likely N-dealkylation sites (tertiary alicyclic amines) is 1. The lowest BCUT2D eigenvalue weighted by molar-refractivity contribution is -0.144. The molecule has 0 aliphatic carbocycles. The number of hydrogen-bond donors (Lipinski definition) is 2. The van der Waals surface area contributed by atoms with Crippen LogP contribution < -0.4 is 10.6 Å². The smallest absolute Gasteiger partial charge is 0.256 e. The molecular weight excluding hydrogens is 510 g/mol. The standard InChI is InChI=1S/C30H37N5O5/c1-21(36)32-29(2,3)27(38)31-24(19-40-18-23-13-9-6-10-14-23)26(37)35-16-15-25-30(20-35,28(39)34(4)33-25)17-22-11-7-5-8-12-22/h5-14,24H,15-20H2,1-4H3,(H,31,38)(H,32,36)/t24-,30-/m1/s1. The van der Waals surface area contributed by atoms with E-state index in [1.807, 2.05) is 60.7 Å². The maximum Gasteiger partial charge on any atom is 0.256 e. The van der Waals surface area contributed by atoms with Crippen LogP contribution in [0.5, 0.6) is 0 Å². The summed E-state index contributed by atoms with van der Waals surface area (Å²) in [6.07, 6.45) is 0.855. The van der Waals surface area contributed by atoms with Crippen molar-refractivity contribution < 1.29 is 23.9 Å². The van der Waals surface area contributed by atoms with Crippen LogP contribution in [0.25, 0.3) is 0 Å². The van der Waals surface area contributed by atoms with E-state index in [0.29, 0.717) is 19.4 Å². The molecular formula is C30H37N5O5. The molecule has 1 fully saturated rings. The number of carbonyl (C=O) groups excluding carboxylic acids is 4. The zero-order valence-electron chi connectivity index (χ0n) is 23.5. The lowest BCUT2D eigenvalue weighted by atomic mass is 9.73. The quantitative estimate of drug-likeness (QED) is 0.471. The van der Waals surface area contributed by atoms with E-state index in [-0.39, 0.29) is 37.5 Å². The Morgan fingerprint density at radius 3 is 2.30 bits per heavy atom. The van der Waals surface area contributed by atoms with Crippen LogP contribution in [-0.4, -0.2) is 77.6 Å². The van der Waals surface area contributed by atoms with Crippen LogP contribution in [0, 0.1) is 5.41 Å². The molecule has 2 aromatic carbocycles. The van der Waals surface area contributed by atoms with E-state index in [9.17, 15) is 19.2 Å². The molecule has 0 radical (unpaired) electrons. The topological polar surface area (TPSA) is 120 Å². The van der Waals surface area contributed by atoms with E-state index in [2.05, 4.69) is 15.7 Å². The summed E-state index contributed by atoms with van der Waals surface area (Å²) in [5, 5.41) is 11.3. The molecule has 2 heterocycles. The van der Waals surface area contributed by atoms with Crippen LogP contribution in [0.15, 0.2) is 65.8 Å². The lowest BCUT2D eigenvalue weighted by Gasteiger charge is -2.41. The Bertz CT molecular complexity index is 1280. The SMILES string of the molecule is CC(=O)NC(C)(C)C(=O)N[C@H](COCc1ccccc1)C(=O)N1CCC2=NN(C)C(=O)[C@]2(Cc2ccccc2)C1. The van der Waals surface area contributed by atoms with Crippen LogP contribution in [0.3, 0.4) is 0 Å².